The van der Waals surface area contributed by atoms with Crippen molar-refractivity contribution < 1.29 is 19.2 Å². The van der Waals surface area contributed by atoms with E-state index < -0.39 is 5.54 Å². The molecule has 0 bridgehead atoms. The second-order valence-electron chi connectivity index (χ2n) is 9.82. The smallest absolute Gasteiger partial charge is 0.324 e. The molecule has 0 radical (unpaired) electrons. The Morgan fingerprint density at radius 2 is 1.86 bits per heavy atom. The van der Waals surface area contributed by atoms with E-state index in [2.05, 4.69) is 15.6 Å². The number of rotatable bonds is 1. The van der Waals surface area contributed by atoms with E-state index in [-0.39, 0.29) is 29.7 Å². The van der Waals surface area contributed by atoms with Gasteiger partial charge in [-0.3, -0.25) is 19.7 Å². The fourth-order valence-electron chi connectivity index (χ4n) is 6.10. The maximum absolute atomic E-state index is 13.5. The van der Waals surface area contributed by atoms with Crippen molar-refractivity contribution in [3.05, 3.63) is 64.8 Å². The molecule has 2 aromatic carbocycles. The molecular formula is C26H21N5O4. The molecule has 9 nitrogen and oxygen atoms in total. The van der Waals surface area contributed by atoms with Crippen LogP contribution in [0.15, 0.2) is 42.5 Å². The van der Waals surface area contributed by atoms with Gasteiger partial charge in [-0.2, -0.15) is 0 Å². The molecule has 2 unspecified atom stereocenters. The van der Waals surface area contributed by atoms with Gasteiger partial charge in [-0.15, -0.1) is 0 Å². The molecule has 35 heavy (non-hydrogen) atoms. The Bertz CT molecular complexity index is 1530. The maximum Gasteiger partial charge on any atom is 0.324 e. The van der Waals surface area contributed by atoms with Crippen LogP contribution in [0.25, 0.3) is 10.9 Å². The van der Waals surface area contributed by atoms with Crippen LogP contribution in [-0.2, 0) is 22.4 Å². The monoisotopic (exact) mass is 467 g/mol. The number of pyridine rings is 1. The van der Waals surface area contributed by atoms with E-state index >= 15 is 0 Å². The third kappa shape index (κ3) is 2.66. The zero-order valence-electron chi connectivity index (χ0n) is 18.9. The summed E-state index contributed by atoms with van der Waals surface area (Å²) >= 11 is 0. The van der Waals surface area contributed by atoms with Gasteiger partial charge in [0.05, 0.1) is 5.52 Å². The highest BCUT2D eigenvalue weighted by Gasteiger charge is 2.54. The lowest BCUT2D eigenvalue weighted by Crippen LogP contribution is -2.48. The molecule has 1 fully saturated rings. The first-order chi connectivity index (χ1) is 16.8. The summed E-state index contributed by atoms with van der Waals surface area (Å²) in [7, 11) is 1.65. The summed E-state index contributed by atoms with van der Waals surface area (Å²) < 4.78 is 0. The van der Waals surface area contributed by atoms with Crippen molar-refractivity contribution in [2.45, 2.75) is 30.7 Å². The SMILES string of the molecule is CN1C(=O)NC(=O)C12Cc1cc3ccc(C(=O)N4CC5CC(=O)Nc6cccc4c65)nc3cc1C2. The van der Waals surface area contributed by atoms with Crippen molar-refractivity contribution >= 4 is 46.0 Å². The molecule has 174 valence electrons. The first kappa shape index (κ1) is 20.1. The summed E-state index contributed by atoms with van der Waals surface area (Å²) in [5.74, 6) is -0.538. The van der Waals surface area contributed by atoms with Crippen molar-refractivity contribution in [1.82, 2.24) is 15.2 Å². The van der Waals surface area contributed by atoms with Crippen molar-refractivity contribution in [3.8, 4) is 0 Å². The van der Waals surface area contributed by atoms with Gasteiger partial charge in [0.2, 0.25) is 5.91 Å². The second kappa shape index (κ2) is 6.65. The van der Waals surface area contributed by atoms with Gasteiger partial charge in [0, 0.05) is 61.1 Å². The van der Waals surface area contributed by atoms with Crippen molar-refractivity contribution in [1.29, 1.82) is 0 Å². The minimum atomic E-state index is -0.904. The molecule has 3 aliphatic heterocycles. The summed E-state index contributed by atoms with van der Waals surface area (Å²) in [5.41, 5.74) is 4.66. The number of imide groups is 1. The number of amides is 5. The van der Waals surface area contributed by atoms with Crippen LogP contribution in [0.2, 0.25) is 0 Å². The zero-order chi connectivity index (χ0) is 24.1. The Balaban J connectivity index is 1.24. The summed E-state index contributed by atoms with van der Waals surface area (Å²) in [6.45, 7) is 0.445. The van der Waals surface area contributed by atoms with Gasteiger partial charge >= 0.3 is 6.03 Å². The van der Waals surface area contributed by atoms with Crippen LogP contribution in [0, 0.1) is 0 Å². The summed E-state index contributed by atoms with van der Waals surface area (Å²) in [4.78, 5) is 58.2. The number of benzene rings is 2. The molecule has 2 atom stereocenters. The highest BCUT2D eigenvalue weighted by Crippen LogP contribution is 2.45. The second-order valence-corrected chi connectivity index (χ2v) is 9.82. The van der Waals surface area contributed by atoms with Crippen molar-refractivity contribution in [2.75, 3.05) is 23.8 Å². The first-order valence-electron chi connectivity index (χ1n) is 11.6. The third-order valence-corrected chi connectivity index (χ3v) is 7.92. The fourth-order valence-corrected chi connectivity index (χ4v) is 6.10. The van der Waals surface area contributed by atoms with Gasteiger partial charge in [-0.05, 0) is 41.5 Å². The van der Waals surface area contributed by atoms with Gasteiger partial charge in [0.15, 0.2) is 0 Å². The molecule has 3 aromatic rings. The van der Waals surface area contributed by atoms with E-state index in [4.69, 9.17) is 0 Å². The average Bonchev–Trinajstić information content (AvgIpc) is 3.46. The van der Waals surface area contributed by atoms with Gasteiger partial charge in [0.1, 0.15) is 11.2 Å². The van der Waals surface area contributed by atoms with Crippen LogP contribution < -0.4 is 15.5 Å². The average molecular weight is 467 g/mol. The molecule has 7 rings (SSSR count). The molecule has 5 amide bonds. The predicted molar refractivity (Wildman–Crippen MR) is 127 cm³/mol. The lowest BCUT2D eigenvalue weighted by molar-refractivity contribution is -0.125. The van der Waals surface area contributed by atoms with Crippen LogP contribution in [0.1, 0.15) is 39.5 Å². The Morgan fingerprint density at radius 1 is 1.06 bits per heavy atom. The zero-order valence-corrected chi connectivity index (χ0v) is 18.9. The molecule has 1 saturated heterocycles. The number of aromatic nitrogens is 1. The van der Waals surface area contributed by atoms with Crippen LogP contribution in [-0.4, -0.2) is 52.8 Å². The van der Waals surface area contributed by atoms with Crippen molar-refractivity contribution in [2.24, 2.45) is 0 Å². The Kier molecular flexibility index (Phi) is 3.83. The minimum Gasteiger partial charge on any atom is -0.326 e. The van der Waals surface area contributed by atoms with Gasteiger partial charge < -0.3 is 15.1 Å². The number of hydrogen-bond acceptors (Lipinski definition) is 5. The molecule has 0 saturated carbocycles. The fraction of sp³-hybridized carbons (Fsp3) is 0.269. The van der Waals surface area contributed by atoms with Crippen LogP contribution in [0.5, 0.6) is 0 Å². The molecule has 4 aliphatic rings. The predicted octanol–water partition coefficient (Wildman–Crippen LogP) is 2.34. The topological polar surface area (TPSA) is 112 Å². The minimum absolute atomic E-state index is 0.0175. The number of nitrogens with one attached hydrogen (secondary N) is 2. The van der Waals surface area contributed by atoms with Gasteiger partial charge in [-0.1, -0.05) is 12.1 Å². The van der Waals surface area contributed by atoms with Gasteiger partial charge in [-0.25, -0.2) is 9.78 Å². The molecule has 1 aliphatic carbocycles. The molecular weight excluding hydrogens is 446 g/mol. The number of carbonyl (C=O) groups is 4. The number of fused-ring (bicyclic) bond motifs is 2. The molecule has 1 aromatic heterocycles. The number of likely N-dealkylation sites (N-methyl/N-ethyl adjacent to an activating group) is 1. The lowest BCUT2D eigenvalue weighted by atomic mass is 9.92. The molecule has 4 heterocycles. The molecule has 1 spiro atoms. The van der Waals surface area contributed by atoms with E-state index in [1.807, 2.05) is 36.4 Å². The highest BCUT2D eigenvalue weighted by molar-refractivity contribution is 6.10. The standard InChI is InChI=1S/C26H21N5O4/c1-30-25(35)29-24(34)26(30)10-14-7-13-5-6-18(27-19(13)8-15(14)11-26)23(33)31-12-16-9-21(32)28-17-3-2-4-20(31)22(16)17/h2-8,16H,9-12H2,1H3,(H,28,32)(H,29,34,35). The normalized spacial score (nSPS) is 24.1. The number of nitrogens with zero attached hydrogens (tertiary/aromatic N) is 3. The highest BCUT2D eigenvalue weighted by atomic mass is 16.2. The molecule has 9 heteroatoms. The van der Waals surface area contributed by atoms with E-state index in [1.54, 1.807) is 18.0 Å². The van der Waals surface area contributed by atoms with Gasteiger partial charge in [0.25, 0.3) is 11.8 Å². The van der Waals surface area contributed by atoms with Crippen LogP contribution in [0.4, 0.5) is 16.2 Å². The summed E-state index contributed by atoms with van der Waals surface area (Å²) in [6, 6.07) is 12.8. The Morgan fingerprint density at radius 3 is 2.63 bits per heavy atom. The first-order valence-corrected chi connectivity index (χ1v) is 11.6. The number of carbonyl (C=O) groups excluding carboxylic acids is 4. The largest absolute Gasteiger partial charge is 0.326 e. The van der Waals surface area contributed by atoms with E-state index in [0.717, 1.165) is 33.5 Å². The molecule has 2 N–H and O–H groups in total. The van der Waals surface area contributed by atoms with E-state index in [9.17, 15) is 19.2 Å². The van der Waals surface area contributed by atoms with Crippen molar-refractivity contribution in [3.63, 3.8) is 0 Å². The number of hydrogen-bond donors (Lipinski definition) is 2. The Hall–Kier alpha value is -4.27. The van der Waals surface area contributed by atoms with E-state index in [0.29, 0.717) is 37.0 Å². The van der Waals surface area contributed by atoms with Crippen LogP contribution >= 0.6 is 0 Å². The van der Waals surface area contributed by atoms with Crippen LogP contribution in [0.3, 0.4) is 0 Å². The Labute approximate surface area is 200 Å². The summed E-state index contributed by atoms with van der Waals surface area (Å²) in [5, 5.41) is 6.19. The third-order valence-electron chi connectivity index (χ3n) is 7.92. The maximum atomic E-state index is 13.5. The number of anilines is 2. The lowest BCUT2D eigenvalue weighted by Gasteiger charge is -2.27. The number of urea groups is 1. The summed E-state index contributed by atoms with van der Waals surface area (Å²) in [6.07, 6.45) is 1.22. The quantitative estimate of drug-likeness (QED) is 0.534. The van der Waals surface area contributed by atoms with E-state index in [1.165, 1.54) is 4.90 Å².